The predicted molar refractivity (Wildman–Crippen MR) is 98.2 cm³/mol. The van der Waals surface area contributed by atoms with Crippen molar-refractivity contribution in [3.05, 3.63) is 46.0 Å². The Morgan fingerprint density at radius 1 is 1.18 bits per heavy atom. The molecule has 0 bridgehead atoms. The van der Waals surface area contributed by atoms with Crippen molar-refractivity contribution in [3.8, 4) is 5.88 Å². The van der Waals surface area contributed by atoms with Crippen LogP contribution in [0, 0.1) is 0 Å². The Morgan fingerprint density at radius 3 is 2.68 bits per heavy atom. The Balaban J connectivity index is 1.72. The number of benzene rings is 1. The van der Waals surface area contributed by atoms with Gasteiger partial charge >= 0.3 is 5.69 Å². The SMILES string of the molecule is O=c1[nH]c(/C=C2\C=Nc3ccccc32)c(O)n1[C@@H]1O[C@H](CO)[C@H](O)[C@H](O)[C@H]1O. The summed E-state index contributed by atoms with van der Waals surface area (Å²) in [7, 11) is 0. The van der Waals surface area contributed by atoms with Gasteiger partial charge in [0.1, 0.15) is 30.1 Å². The molecule has 2 aliphatic heterocycles. The number of nitrogens with one attached hydrogen (secondary N) is 1. The molecule has 10 heteroatoms. The number of aliphatic imine (C=N–C) groups is 1. The highest BCUT2D eigenvalue weighted by Gasteiger charge is 2.45. The molecule has 2 aliphatic rings. The van der Waals surface area contributed by atoms with Gasteiger partial charge in [0.2, 0.25) is 5.88 Å². The summed E-state index contributed by atoms with van der Waals surface area (Å²) in [6.07, 6.45) is -4.54. The molecule has 0 amide bonds. The van der Waals surface area contributed by atoms with Crippen molar-refractivity contribution in [1.29, 1.82) is 0 Å². The molecule has 1 fully saturated rings. The van der Waals surface area contributed by atoms with Crippen LogP contribution in [-0.4, -0.2) is 72.3 Å². The maximum atomic E-state index is 12.4. The summed E-state index contributed by atoms with van der Waals surface area (Å²) in [4.78, 5) is 19.1. The molecule has 0 spiro atoms. The molecule has 0 radical (unpaired) electrons. The van der Waals surface area contributed by atoms with Gasteiger partial charge in [-0.2, -0.15) is 0 Å². The van der Waals surface area contributed by atoms with Crippen LogP contribution >= 0.6 is 0 Å². The summed E-state index contributed by atoms with van der Waals surface area (Å²) in [5.74, 6) is -0.528. The van der Waals surface area contributed by atoms with Crippen LogP contribution in [-0.2, 0) is 4.74 Å². The van der Waals surface area contributed by atoms with Gasteiger partial charge in [-0.25, -0.2) is 9.36 Å². The van der Waals surface area contributed by atoms with Gasteiger partial charge in [-0.3, -0.25) is 4.99 Å². The second-order valence-electron chi connectivity index (χ2n) is 6.63. The highest BCUT2D eigenvalue weighted by atomic mass is 16.6. The third kappa shape index (κ3) is 2.87. The summed E-state index contributed by atoms with van der Waals surface area (Å²) >= 11 is 0. The highest BCUT2D eigenvalue weighted by molar-refractivity contribution is 6.21. The summed E-state index contributed by atoms with van der Waals surface area (Å²) < 4.78 is 6.07. The van der Waals surface area contributed by atoms with Crippen LogP contribution in [0.25, 0.3) is 11.6 Å². The molecule has 28 heavy (non-hydrogen) atoms. The summed E-state index contributed by atoms with van der Waals surface area (Å²) in [5, 5.41) is 49.9. The fourth-order valence-electron chi connectivity index (χ4n) is 3.40. The number of aliphatic hydroxyl groups is 4. The number of aromatic nitrogens is 2. The summed E-state index contributed by atoms with van der Waals surface area (Å²) in [5.41, 5.74) is 1.50. The molecule has 4 rings (SSSR count). The maximum Gasteiger partial charge on any atom is 0.331 e. The van der Waals surface area contributed by atoms with E-state index >= 15 is 0 Å². The van der Waals surface area contributed by atoms with Crippen LogP contribution in [0.5, 0.6) is 5.88 Å². The lowest BCUT2D eigenvalue weighted by atomic mass is 9.98. The topological polar surface area (TPSA) is 161 Å². The van der Waals surface area contributed by atoms with Gasteiger partial charge in [-0.15, -0.1) is 0 Å². The fraction of sp³-hybridized carbons (Fsp3) is 0.333. The van der Waals surface area contributed by atoms with Crippen LogP contribution in [0.1, 0.15) is 17.5 Å². The Kier molecular flexibility index (Phi) is 4.65. The smallest absolute Gasteiger partial charge is 0.331 e. The van der Waals surface area contributed by atoms with E-state index in [1.165, 1.54) is 6.08 Å². The third-order valence-corrected chi connectivity index (χ3v) is 4.91. The molecule has 0 aliphatic carbocycles. The van der Waals surface area contributed by atoms with E-state index in [4.69, 9.17) is 4.74 Å². The molecule has 3 heterocycles. The van der Waals surface area contributed by atoms with E-state index < -0.39 is 48.8 Å². The average Bonchev–Trinajstić information content (AvgIpc) is 3.22. The largest absolute Gasteiger partial charge is 0.493 e. The molecule has 6 N–H and O–H groups in total. The van der Waals surface area contributed by atoms with E-state index in [9.17, 15) is 30.3 Å². The molecule has 1 aromatic heterocycles. The first kappa shape index (κ1) is 18.6. The quantitative estimate of drug-likeness (QED) is 0.397. The number of aromatic hydroxyl groups is 1. The van der Waals surface area contributed by atoms with Crippen molar-refractivity contribution in [1.82, 2.24) is 9.55 Å². The number of fused-ring (bicyclic) bond motifs is 1. The maximum absolute atomic E-state index is 12.4. The zero-order valence-corrected chi connectivity index (χ0v) is 14.5. The second-order valence-corrected chi connectivity index (χ2v) is 6.63. The molecule has 0 unspecified atom stereocenters. The number of H-pyrrole nitrogens is 1. The molecule has 5 atom stereocenters. The first-order valence-electron chi connectivity index (χ1n) is 8.61. The van der Waals surface area contributed by atoms with Gasteiger partial charge in [0.25, 0.3) is 0 Å². The molecule has 10 nitrogen and oxygen atoms in total. The summed E-state index contributed by atoms with van der Waals surface area (Å²) in [6.45, 7) is -0.647. The van der Waals surface area contributed by atoms with E-state index in [0.717, 1.165) is 15.8 Å². The van der Waals surface area contributed by atoms with Gasteiger partial charge in [0, 0.05) is 17.4 Å². The van der Waals surface area contributed by atoms with Crippen LogP contribution < -0.4 is 5.69 Å². The number of para-hydroxylation sites is 1. The van der Waals surface area contributed by atoms with Crippen LogP contribution in [0.2, 0.25) is 0 Å². The number of hydrogen-bond donors (Lipinski definition) is 6. The van der Waals surface area contributed by atoms with Crippen LogP contribution in [0.4, 0.5) is 5.69 Å². The Morgan fingerprint density at radius 2 is 1.93 bits per heavy atom. The number of hydrogen-bond acceptors (Lipinski definition) is 8. The number of rotatable bonds is 3. The number of imidazole rings is 1. The molecular weight excluding hydrogens is 370 g/mol. The Hall–Kier alpha value is -2.76. The lowest BCUT2D eigenvalue weighted by Gasteiger charge is -2.40. The van der Waals surface area contributed by atoms with E-state index in [1.807, 2.05) is 24.3 Å². The second kappa shape index (κ2) is 7.00. The van der Waals surface area contributed by atoms with E-state index in [1.54, 1.807) is 6.21 Å². The first-order valence-corrected chi connectivity index (χ1v) is 8.61. The standard InChI is InChI=1S/C18H19N3O7/c22-7-12-13(23)14(24)15(25)17(28-12)21-16(26)11(20-18(21)27)5-8-6-19-10-4-2-1-3-9(8)10/h1-6,12-15,17,22-26H,7H2,(H,20,27)/b8-5+/t12-,13+,14+,15-,17-/m1/s1. The monoisotopic (exact) mass is 389 g/mol. The summed E-state index contributed by atoms with van der Waals surface area (Å²) in [6, 6.07) is 7.35. The van der Waals surface area contributed by atoms with E-state index in [2.05, 4.69) is 9.98 Å². The van der Waals surface area contributed by atoms with Crippen molar-refractivity contribution >= 4 is 23.6 Å². The van der Waals surface area contributed by atoms with Crippen LogP contribution in [0.15, 0.2) is 34.1 Å². The number of allylic oxidation sites excluding steroid dienone is 1. The van der Waals surface area contributed by atoms with Crippen molar-refractivity contribution in [2.24, 2.45) is 4.99 Å². The van der Waals surface area contributed by atoms with Gasteiger partial charge in [-0.1, -0.05) is 18.2 Å². The Labute approximate surface area is 158 Å². The molecule has 148 valence electrons. The average molecular weight is 389 g/mol. The number of aromatic amines is 1. The third-order valence-electron chi connectivity index (χ3n) is 4.91. The minimum absolute atomic E-state index is 0.0557. The van der Waals surface area contributed by atoms with Crippen molar-refractivity contribution < 1.29 is 30.3 Å². The van der Waals surface area contributed by atoms with Gasteiger partial charge in [0.15, 0.2) is 6.23 Å². The zero-order valence-electron chi connectivity index (χ0n) is 14.5. The molecule has 0 saturated carbocycles. The predicted octanol–water partition coefficient (Wildman–Crippen LogP) is -0.889. The highest BCUT2D eigenvalue weighted by Crippen LogP contribution is 2.35. The van der Waals surface area contributed by atoms with Crippen LogP contribution in [0.3, 0.4) is 0 Å². The lowest BCUT2D eigenvalue weighted by molar-refractivity contribution is -0.252. The van der Waals surface area contributed by atoms with Gasteiger partial charge in [0.05, 0.1) is 12.3 Å². The lowest BCUT2D eigenvalue weighted by Crippen LogP contribution is -2.57. The van der Waals surface area contributed by atoms with E-state index in [0.29, 0.717) is 5.57 Å². The molecule has 1 saturated heterocycles. The fourth-order valence-corrected chi connectivity index (χ4v) is 3.40. The van der Waals surface area contributed by atoms with Gasteiger partial charge < -0.3 is 35.3 Å². The minimum atomic E-state index is -1.70. The minimum Gasteiger partial charge on any atom is -0.493 e. The van der Waals surface area contributed by atoms with Crippen molar-refractivity contribution in [2.75, 3.05) is 6.61 Å². The normalized spacial score (nSPS) is 30.7. The van der Waals surface area contributed by atoms with Crippen molar-refractivity contribution in [3.63, 3.8) is 0 Å². The number of aliphatic hydroxyl groups excluding tert-OH is 4. The first-order chi connectivity index (χ1) is 13.4. The Bertz CT molecular complexity index is 1010. The molecule has 1 aromatic carbocycles. The number of ether oxygens (including phenoxy) is 1. The van der Waals surface area contributed by atoms with Gasteiger partial charge in [-0.05, 0) is 12.1 Å². The zero-order chi connectivity index (χ0) is 20.0. The number of nitrogens with zero attached hydrogens (tertiary/aromatic N) is 2. The van der Waals surface area contributed by atoms with Crippen molar-refractivity contribution in [2.45, 2.75) is 30.6 Å². The van der Waals surface area contributed by atoms with E-state index in [-0.39, 0.29) is 5.69 Å². The molecular formula is C18H19N3O7. The molecule has 2 aromatic rings.